The van der Waals surface area contributed by atoms with Crippen molar-refractivity contribution in [2.45, 2.75) is 57.7 Å². The van der Waals surface area contributed by atoms with E-state index < -0.39 is 5.60 Å². The predicted molar refractivity (Wildman–Crippen MR) is 73.1 cm³/mol. The van der Waals surface area contributed by atoms with Crippen LogP contribution < -0.4 is 11.1 Å². The Hall–Kier alpha value is -0.870. The van der Waals surface area contributed by atoms with Gasteiger partial charge in [-0.3, -0.25) is 4.79 Å². The van der Waals surface area contributed by atoms with Crippen molar-refractivity contribution in [1.29, 1.82) is 0 Å². The fourth-order valence-electron chi connectivity index (χ4n) is 2.13. The van der Waals surface area contributed by atoms with Gasteiger partial charge in [0.05, 0.1) is 0 Å². The van der Waals surface area contributed by atoms with Crippen LogP contribution in [0, 0.1) is 5.92 Å². The Morgan fingerprint density at radius 2 is 2.28 bits per heavy atom. The molecule has 0 aliphatic carbocycles. The summed E-state index contributed by atoms with van der Waals surface area (Å²) >= 11 is 0. The maximum Gasteiger partial charge on any atom is 0.323 e. The first-order chi connectivity index (χ1) is 8.31. The second-order valence-electron chi connectivity index (χ2n) is 6.07. The third-order valence-electron chi connectivity index (χ3n) is 3.12. The van der Waals surface area contributed by atoms with E-state index in [2.05, 4.69) is 11.9 Å². The van der Waals surface area contributed by atoms with Gasteiger partial charge in [0.25, 0.3) is 0 Å². The number of rotatable bonds is 5. The maximum absolute atomic E-state index is 11.9. The van der Waals surface area contributed by atoms with Crippen molar-refractivity contribution in [3.8, 4) is 0 Å². The lowest BCUT2D eigenvalue weighted by atomic mass is 9.97. The Labute approximate surface area is 110 Å². The molecule has 1 fully saturated rings. The molecule has 3 N–H and O–H groups in total. The van der Waals surface area contributed by atoms with Gasteiger partial charge >= 0.3 is 5.97 Å². The SMILES string of the molecule is C=CC(N)CC[C@@H]1CNC(C(=O)OC(C)(C)C)C1. The highest BCUT2D eigenvalue weighted by molar-refractivity contribution is 5.76. The summed E-state index contributed by atoms with van der Waals surface area (Å²) < 4.78 is 5.37. The topological polar surface area (TPSA) is 64.3 Å². The summed E-state index contributed by atoms with van der Waals surface area (Å²) in [5, 5.41) is 3.23. The van der Waals surface area contributed by atoms with Crippen LogP contribution >= 0.6 is 0 Å². The highest BCUT2D eigenvalue weighted by Crippen LogP contribution is 2.22. The second-order valence-corrected chi connectivity index (χ2v) is 6.07. The molecule has 104 valence electrons. The fraction of sp³-hybridized carbons (Fsp3) is 0.786. The van der Waals surface area contributed by atoms with Gasteiger partial charge in [0.15, 0.2) is 0 Å². The Morgan fingerprint density at radius 3 is 2.83 bits per heavy atom. The van der Waals surface area contributed by atoms with E-state index in [9.17, 15) is 4.79 Å². The molecule has 4 heteroatoms. The van der Waals surface area contributed by atoms with Gasteiger partial charge in [0, 0.05) is 6.04 Å². The number of nitrogens with two attached hydrogens (primary N) is 1. The third-order valence-corrected chi connectivity index (χ3v) is 3.12. The minimum Gasteiger partial charge on any atom is -0.459 e. The highest BCUT2D eigenvalue weighted by atomic mass is 16.6. The van der Waals surface area contributed by atoms with E-state index in [0.29, 0.717) is 5.92 Å². The summed E-state index contributed by atoms with van der Waals surface area (Å²) in [6, 6.07) is -0.0974. The number of hydrogen-bond donors (Lipinski definition) is 2. The van der Waals surface area contributed by atoms with E-state index in [-0.39, 0.29) is 18.1 Å². The summed E-state index contributed by atoms with van der Waals surface area (Å²) in [6.45, 7) is 10.2. The summed E-state index contributed by atoms with van der Waals surface area (Å²) in [5.41, 5.74) is 5.38. The molecule has 3 atom stereocenters. The Bertz CT molecular complexity index is 297. The number of carbonyl (C=O) groups excluding carboxylic acids is 1. The monoisotopic (exact) mass is 254 g/mol. The number of nitrogens with one attached hydrogen (secondary N) is 1. The predicted octanol–water partition coefficient (Wildman–Crippen LogP) is 1.60. The van der Waals surface area contributed by atoms with Crippen LogP contribution in [0.3, 0.4) is 0 Å². The van der Waals surface area contributed by atoms with Gasteiger partial charge in [-0.1, -0.05) is 6.08 Å². The number of esters is 1. The lowest BCUT2D eigenvalue weighted by Gasteiger charge is -2.22. The molecule has 2 unspecified atom stereocenters. The normalized spacial score (nSPS) is 25.8. The van der Waals surface area contributed by atoms with Crippen molar-refractivity contribution in [2.75, 3.05) is 6.54 Å². The van der Waals surface area contributed by atoms with Gasteiger partial charge in [-0.2, -0.15) is 0 Å². The van der Waals surface area contributed by atoms with Crippen molar-refractivity contribution >= 4 is 5.97 Å². The van der Waals surface area contributed by atoms with Crippen LogP contribution in [0.25, 0.3) is 0 Å². The van der Waals surface area contributed by atoms with Crippen LogP contribution in [-0.2, 0) is 9.53 Å². The van der Waals surface area contributed by atoms with Crippen molar-refractivity contribution in [2.24, 2.45) is 11.7 Å². The largest absolute Gasteiger partial charge is 0.459 e. The number of carbonyl (C=O) groups is 1. The minimum absolute atomic E-state index is 0.0607. The summed E-state index contributed by atoms with van der Waals surface area (Å²) in [6.07, 6.45) is 4.57. The molecule has 0 radical (unpaired) electrons. The average Bonchev–Trinajstić information content (AvgIpc) is 2.72. The first-order valence-corrected chi connectivity index (χ1v) is 6.66. The van der Waals surface area contributed by atoms with Crippen molar-refractivity contribution in [3.05, 3.63) is 12.7 Å². The fourth-order valence-corrected chi connectivity index (χ4v) is 2.13. The van der Waals surface area contributed by atoms with Crippen LogP contribution in [0.1, 0.15) is 40.0 Å². The zero-order valence-electron chi connectivity index (χ0n) is 11.7. The first-order valence-electron chi connectivity index (χ1n) is 6.66. The molecular weight excluding hydrogens is 228 g/mol. The number of ether oxygens (including phenoxy) is 1. The van der Waals surface area contributed by atoms with E-state index >= 15 is 0 Å². The minimum atomic E-state index is -0.415. The van der Waals surface area contributed by atoms with Gasteiger partial charge in [-0.25, -0.2) is 0 Å². The Kier molecular flexibility index (Phi) is 5.35. The van der Waals surface area contributed by atoms with E-state index in [4.69, 9.17) is 10.5 Å². The Balaban J connectivity index is 2.32. The van der Waals surface area contributed by atoms with Crippen LogP contribution in [0.4, 0.5) is 0 Å². The van der Waals surface area contributed by atoms with Crippen molar-refractivity contribution < 1.29 is 9.53 Å². The van der Waals surface area contributed by atoms with Gasteiger partial charge in [-0.05, 0) is 52.5 Å². The zero-order valence-corrected chi connectivity index (χ0v) is 11.7. The van der Waals surface area contributed by atoms with Gasteiger partial charge < -0.3 is 15.8 Å². The summed E-state index contributed by atoms with van der Waals surface area (Å²) in [5.74, 6) is 0.367. The van der Waals surface area contributed by atoms with Gasteiger partial charge in [0.2, 0.25) is 0 Å². The molecule has 0 aromatic carbocycles. The molecule has 0 aromatic rings. The lowest BCUT2D eigenvalue weighted by molar-refractivity contribution is -0.157. The molecule has 0 aromatic heterocycles. The average molecular weight is 254 g/mol. The third kappa shape index (κ3) is 5.19. The van der Waals surface area contributed by atoms with Gasteiger partial charge in [0.1, 0.15) is 11.6 Å². The number of hydrogen-bond acceptors (Lipinski definition) is 4. The smallest absolute Gasteiger partial charge is 0.323 e. The van der Waals surface area contributed by atoms with Crippen molar-refractivity contribution in [3.63, 3.8) is 0 Å². The zero-order chi connectivity index (χ0) is 13.8. The quantitative estimate of drug-likeness (QED) is 0.578. The Morgan fingerprint density at radius 1 is 1.61 bits per heavy atom. The standard InChI is InChI=1S/C14H26N2O2/c1-5-11(15)7-6-10-8-12(16-9-10)13(17)18-14(2,3)4/h5,10-12,16H,1,6-9,15H2,2-4H3/t10-,11?,12?/m0/s1. The lowest BCUT2D eigenvalue weighted by Crippen LogP contribution is -2.37. The maximum atomic E-state index is 11.9. The molecule has 0 spiro atoms. The van der Waals surface area contributed by atoms with Crippen LogP contribution in [0.2, 0.25) is 0 Å². The van der Waals surface area contributed by atoms with E-state index in [1.165, 1.54) is 0 Å². The highest BCUT2D eigenvalue weighted by Gasteiger charge is 2.32. The van der Waals surface area contributed by atoms with E-state index in [1.807, 2.05) is 20.8 Å². The molecule has 1 aliphatic heterocycles. The molecule has 1 saturated heterocycles. The first kappa shape index (κ1) is 15.2. The molecule has 1 heterocycles. The molecule has 0 saturated carbocycles. The molecule has 0 bridgehead atoms. The molecule has 1 aliphatic rings. The molecule has 4 nitrogen and oxygen atoms in total. The molecule has 1 rings (SSSR count). The van der Waals surface area contributed by atoms with E-state index in [0.717, 1.165) is 25.8 Å². The van der Waals surface area contributed by atoms with Crippen LogP contribution in [0.15, 0.2) is 12.7 Å². The molecule has 0 amide bonds. The van der Waals surface area contributed by atoms with Crippen molar-refractivity contribution in [1.82, 2.24) is 5.32 Å². The summed E-state index contributed by atoms with van der Waals surface area (Å²) in [4.78, 5) is 11.9. The molecular formula is C14H26N2O2. The summed E-state index contributed by atoms with van der Waals surface area (Å²) in [7, 11) is 0. The molecule has 18 heavy (non-hydrogen) atoms. The van der Waals surface area contributed by atoms with E-state index in [1.54, 1.807) is 6.08 Å². The second kappa shape index (κ2) is 6.34. The van der Waals surface area contributed by atoms with Gasteiger partial charge in [-0.15, -0.1) is 6.58 Å². The van der Waals surface area contributed by atoms with Crippen LogP contribution in [-0.4, -0.2) is 30.2 Å². The van der Waals surface area contributed by atoms with Crippen LogP contribution in [0.5, 0.6) is 0 Å².